The van der Waals surface area contributed by atoms with E-state index in [0.29, 0.717) is 19.4 Å². The molecular formula is C45H67N11O14S. The van der Waals surface area contributed by atoms with Crippen LogP contribution in [0.25, 0.3) is 10.9 Å². The molecule has 3 aliphatic rings. The second-order valence-electron chi connectivity index (χ2n) is 18.2. The number of carbonyl (C=O) groups excluding carboxylic acids is 9. The Morgan fingerprint density at radius 1 is 0.859 bits per heavy atom. The Bertz CT molecular complexity index is 2330. The zero-order valence-corrected chi connectivity index (χ0v) is 40.7. The van der Waals surface area contributed by atoms with Gasteiger partial charge in [-0.3, -0.25) is 47.4 Å². The quantitative estimate of drug-likeness (QED) is 0.0838. The van der Waals surface area contributed by atoms with Crippen LogP contribution in [0.3, 0.4) is 0 Å². The van der Waals surface area contributed by atoms with Crippen LogP contribution in [-0.2, 0) is 60.4 Å². The molecule has 3 unspecified atom stereocenters. The number of unbranched alkanes of at least 4 members (excludes halogenated alkanes) is 3. The predicted molar refractivity (Wildman–Crippen MR) is 254 cm³/mol. The molecule has 9 amide bonds. The van der Waals surface area contributed by atoms with Crippen molar-refractivity contribution >= 4 is 74.9 Å². The van der Waals surface area contributed by atoms with Gasteiger partial charge in [0, 0.05) is 43.3 Å². The highest BCUT2D eigenvalue weighted by Gasteiger charge is 2.45. The first kappa shape index (κ1) is 55.7. The minimum atomic E-state index is -2.39. The lowest BCUT2D eigenvalue weighted by Gasteiger charge is -2.33. The van der Waals surface area contributed by atoms with Crippen molar-refractivity contribution in [3.63, 3.8) is 0 Å². The van der Waals surface area contributed by atoms with Gasteiger partial charge in [-0.2, -0.15) is 0 Å². The van der Waals surface area contributed by atoms with Crippen LogP contribution >= 0.6 is 0 Å². The minimum absolute atomic E-state index is 0.0902. The number of hydrogen-bond donors (Lipinski definition) is 14. The number of amides is 9. The number of aromatic amines is 1. The van der Waals surface area contributed by atoms with Crippen molar-refractivity contribution in [3.8, 4) is 5.75 Å². The number of rotatable bonds is 13. The van der Waals surface area contributed by atoms with E-state index in [1.54, 1.807) is 13.8 Å². The van der Waals surface area contributed by atoms with Gasteiger partial charge in [0.25, 0.3) is 0 Å². The average Bonchev–Trinajstić information content (AvgIpc) is 3.91. The molecule has 4 heterocycles. The normalized spacial score (nSPS) is 26.8. The fourth-order valence-corrected chi connectivity index (χ4v) is 10.0. The number of nitrogens with one attached hydrogen (secondary N) is 9. The molecule has 1 aromatic heterocycles. The van der Waals surface area contributed by atoms with E-state index in [1.807, 2.05) is 0 Å². The lowest BCUT2D eigenvalue weighted by atomic mass is 9.93. The molecule has 5 rings (SSSR count). The van der Waals surface area contributed by atoms with Crippen molar-refractivity contribution in [2.24, 2.45) is 17.6 Å². The maximum absolute atomic E-state index is 14.8. The van der Waals surface area contributed by atoms with E-state index < -0.39 is 176 Å². The van der Waals surface area contributed by atoms with Crippen molar-refractivity contribution in [1.82, 2.24) is 52.4 Å². The van der Waals surface area contributed by atoms with Crippen molar-refractivity contribution in [1.29, 1.82) is 0 Å². The summed E-state index contributed by atoms with van der Waals surface area (Å²) in [7, 11) is -2.39. The summed E-state index contributed by atoms with van der Waals surface area (Å²) in [6.45, 7) is 2.50. The summed E-state index contributed by atoms with van der Waals surface area (Å²) in [5, 5.41) is 62.4. The number of aliphatic hydroxyl groups is 3. The third kappa shape index (κ3) is 14.7. The molecule has 1 saturated heterocycles. The van der Waals surface area contributed by atoms with E-state index in [9.17, 15) is 67.8 Å². The molecule has 0 saturated carbocycles. The number of aliphatic hydroxyl groups excluding tert-OH is 3. The number of H-pyrrole nitrogens is 1. The number of phenolic OH excluding ortho intramolecular Hbond substituents is 1. The molecule has 26 heteroatoms. The minimum Gasteiger partial charge on any atom is -0.508 e. The van der Waals surface area contributed by atoms with Crippen LogP contribution in [0.5, 0.6) is 5.75 Å². The number of nitrogens with two attached hydrogens (primary N) is 1. The fourth-order valence-electron chi connectivity index (χ4n) is 8.61. The van der Waals surface area contributed by atoms with Crippen LogP contribution < -0.4 is 48.3 Å². The summed E-state index contributed by atoms with van der Waals surface area (Å²) in [5.74, 6) is -11.5. The summed E-state index contributed by atoms with van der Waals surface area (Å²) < 4.78 is 14.8. The van der Waals surface area contributed by atoms with E-state index in [-0.39, 0.29) is 33.8 Å². The number of aromatic hydroxyl groups is 1. The number of benzene rings is 1. The molecule has 392 valence electrons. The standard InChI is InChI=1S/C45H67N11O14S/c1-4-22(2)37-42(67)49-17-35(62)50-31-21-71(70)44-27(26-10-9-24(58)13-28(26)53-44)15-29(39(64)48-18-36(63)54-37)51-43(68)38(23(3)33(60)20-57)55-41(66)32-14-25(59)19-56(32)45(69)30(52-40(31)65)16-34(61)47-12-8-6-5-7-11-46/h9-10,13,22-23,25,29-33,37-38,53,57-60H,4-8,11-12,14-21,46H2,1-3H3,(H,47,61)(H,48,64)(H,49,67)(H,50,62)(H,51,68)(H,52,65)(H,54,63)(H,55,66)/t22-,23-,25?,29?,30-,31?,32-,33-,37-,38-,71+/m0/s1. The molecule has 71 heavy (non-hydrogen) atoms. The zero-order valence-electron chi connectivity index (χ0n) is 39.9. The third-order valence-corrected chi connectivity index (χ3v) is 14.4. The Hall–Kier alpha value is -6.22. The van der Waals surface area contributed by atoms with Crippen LogP contribution in [0.15, 0.2) is 23.2 Å². The highest BCUT2D eigenvalue weighted by molar-refractivity contribution is 7.85. The molecule has 15 N–H and O–H groups in total. The number of phenols is 1. The molecule has 2 bridgehead atoms. The van der Waals surface area contributed by atoms with Gasteiger partial charge in [-0.05, 0) is 43.0 Å². The van der Waals surface area contributed by atoms with Gasteiger partial charge in [0.2, 0.25) is 53.2 Å². The fraction of sp³-hybridized carbons (Fsp3) is 0.622. The zero-order chi connectivity index (χ0) is 52.1. The van der Waals surface area contributed by atoms with Gasteiger partial charge in [0.15, 0.2) is 0 Å². The van der Waals surface area contributed by atoms with Gasteiger partial charge in [0.1, 0.15) is 47.0 Å². The van der Waals surface area contributed by atoms with Crippen LogP contribution in [0.1, 0.15) is 71.3 Å². The van der Waals surface area contributed by atoms with Gasteiger partial charge < -0.3 is 78.6 Å². The number of aromatic nitrogens is 1. The van der Waals surface area contributed by atoms with Crippen LogP contribution in [0.2, 0.25) is 0 Å². The van der Waals surface area contributed by atoms with E-state index in [0.717, 1.165) is 24.2 Å². The number of fused-ring (bicyclic) bond motifs is 5. The first-order chi connectivity index (χ1) is 33.8. The summed E-state index contributed by atoms with van der Waals surface area (Å²) in [6, 6.07) is -5.89. The highest BCUT2D eigenvalue weighted by atomic mass is 32.2. The Morgan fingerprint density at radius 3 is 2.24 bits per heavy atom. The van der Waals surface area contributed by atoms with E-state index in [4.69, 9.17) is 5.73 Å². The van der Waals surface area contributed by atoms with Crippen LogP contribution in [0.4, 0.5) is 0 Å². The number of nitrogens with zero attached hydrogens (tertiary/aromatic N) is 1. The van der Waals surface area contributed by atoms with Crippen molar-refractivity contribution in [2.75, 3.05) is 45.1 Å². The molecular weight excluding hydrogens is 951 g/mol. The average molecular weight is 1020 g/mol. The molecule has 1 aromatic carbocycles. The first-order valence-electron chi connectivity index (χ1n) is 23.8. The summed E-state index contributed by atoms with van der Waals surface area (Å²) in [4.78, 5) is 131. The summed E-state index contributed by atoms with van der Waals surface area (Å²) in [6.07, 6.45) is -1.41. The van der Waals surface area contributed by atoms with Crippen molar-refractivity contribution in [3.05, 3.63) is 23.8 Å². The lowest BCUT2D eigenvalue weighted by Crippen LogP contribution is -2.62. The number of carbonyl (C=O) groups is 9. The lowest BCUT2D eigenvalue weighted by molar-refractivity contribution is -0.144. The second kappa shape index (κ2) is 25.8. The van der Waals surface area contributed by atoms with Gasteiger partial charge in [-0.15, -0.1) is 0 Å². The third-order valence-electron chi connectivity index (χ3n) is 13.0. The summed E-state index contributed by atoms with van der Waals surface area (Å²) >= 11 is 0. The molecule has 3 aliphatic heterocycles. The Balaban J connectivity index is 1.69. The van der Waals surface area contributed by atoms with Gasteiger partial charge in [-0.1, -0.05) is 40.0 Å². The van der Waals surface area contributed by atoms with Gasteiger partial charge in [0.05, 0.1) is 60.4 Å². The van der Waals surface area contributed by atoms with Crippen LogP contribution in [0, 0.1) is 11.8 Å². The van der Waals surface area contributed by atoms with Crippen molar-refractivity contribution in [2.45, 2.75) is 126 Å². The smallest absolute Gasteiger partial charge is 0.246 e. The van der Waals surface area contributed by atoms with E-state index >= 15 is 0 Å². The molecule has 25 nitrogen and oxygen atoms in total. The van der Waals surface area contributed by atoms with Gasteiger partial charge >= 0.3 is 0 Å². The van der Waals surface area contributed by atoms with Crippen molar-refractivity contribution < 1.29 is 67.8 Å². The molecule has 0 aliphatic carbocycles. The molecule has 0 radical (unpaired) electrons. The number of hydrogen-bond acceptors (Lipinski definition) is 15. The maximum atomic E-state index is 14.8. The highest BCUT2D eigenvalue weighted by Crippen LogP contribution is 2.30. The Morgan fingerprint density at radius 2 is 1.55 bits per heavy atom. The monoisotopic (exact) mass is 1020 g/mol. The van der Waals surface area contributed by atoms with E-state index in [2.05, 4.69) is 47.5 Å². The SMILES string of the molecule is CC[C@H](C)[C@@H]1NC(=O)CNC(=O)C2Cc3c([nH]c4cc(O)ccc34)[S@](=O)CC(NC(=O)CNC1=O)C(=O)N[C@@H](CC(=O)NCCCCCCN)C(=O)N1CC(O)C[C@H]1C(=O)N[C@@H]([C@@H](C)[C@@H](O)CO)C(=O)N2. The molecule has 0 spiro atoms. The Labute approximate surface area is 411 Å². The Kier molecular flexibility index (Phi) is 20.2. The first-order valence-corrected chi connectivity index (χ1v) is 25.1. The molecule has 11 atom stereocenters. The molecule has 1 fully saturated rings. The van der Waals surface area contributed by atoms with E-state index in [1.165, 1.54) is 25.1 Å². The topological polar surface area (TPSA) is 393 Å². The van der Waals surface area contributed by atoms with Gasteiger partial charge in [-0.25, -0.2) is 0 Å². The second-order valence-corrected chi connectivity index (χ2v) is 19.7. The van der Waals surface area contributed by atoms with Crippen LogP contribution in [-0.4, -0.2) is 181 Å². The maximum Gasteiger partial charge on any atom is 0.246 e. The largest absolute Gasteiger partial charge is 0.508 e. The molecule has 2 aromatic rings. The summed E-state index contributed by atoms with van der Waals surface area (Å²) in [5.41, 5.74) is 5.85. The predicted octanol–water partition coefficient (Wildman–Crippen LogP) is -4.77.